The van der Waals surface area contributed by atoms with Crippen LogP contribution in [0.4, 0.5) is 0 Å². The van der Waals surface area contributed by atoms with Crippen molar-refractivity contribution in [2.75, 3.05) is 0 Å². The monoisotopic (exact) mass is 432 g/mol. The van der Waals surface area contributed by atoms with Gasteiger partial charge in [0.25, 0.3) is 0 Å². The van der Waals surface area contributed by atoms with Crippen LogP contribution >= 0.6 is 0 Å². The summed E-state index contributed by atoms with van der Waals surface area (Å²) in [6, 6.07) is 0. The number of hydrogen-bond donors (Lipinski definition) is 0. The summed E-state index contributed by atoms with van der Waals surface area (Å²) in [6.07, 6.45) is 4.08. The van der Waals surface area contributed by atoms with Gasteiger partial charge >= 0.3 is 0 Å². The van der Waals surface area contributed by atoms with Crippen LogP contribution in [-0.2, 0) is 28.8 Å². The van der Waals surface area contributed by atoms with E-state index in [1.165, 1.54) is 13.8 Å². The Morgan fingerprint density at radius 2 is 1.38 bits per heavy atom. The fourth-order valence-electron chi connectivity index (χ4n) is 8.33. The van der Waals surface area contributed by atoms with Crippen molar-refractivity contribution in [3.8, 4) is 0 Å². The predicted octanol–water partition coefficient (Wildman–Crippen LogP) is 2.62. The summed E-state index contributed by atoms with van der Waals surface area (Å²) in [5.41, 5.74) is -4.90. The number of ketones is 6. The van der Waals surface area contributed by atoms with E-state index in [1.807, 2.05) is 0 Å². The van der Waals surface area contributed by atoms with Crippen LogP contribution in [-0.4, -0.2) is 34.7 Å². The molecule has 2 bridgehead atoms. The van der Waals surface area contributed by atoms with Crippen LogP contribution in [0.3, 0.4) is 0 Å². The van der Waals surface area contributed by atoms with Crippen molar-refractivity contribution in [3.63, 3.8) is 0 Å². The first-order valence-electron chi connectivity index (χ1n) is 11.0. The van der Waals surface area contributed by atoms with Crippen LogP contribution < -0.4 is 0 Å². The predicted molar refractivity (Wildman–Crippen MR) is 113 cm³/mol. The number of carbonyl (C=O) groups is 6. The van der Waals surface area contributed by atoms with E-state index in [1.54, 1.807) is 0 Å². The van der Waals surface area contributed by atoms with Crippen molar-refractivity contribution in [2.24, 2.45) is 28.1 Å². The number of hydrogen-bond acceptors (Lipinski definition) is 6. The van der Waals surface area contributed by atoms with E-state index in [0.717, 1.165) is 12.2 Å². The molecule has 6 heteroatoms. The lowest BCUT2D eigenvalue weighted by Gasteiger charge is -2.55. The lowest BCUT2D eigenvalue weighted by molar-refractivity contribution is -0.169. The molecule has 0 saturated heterocycles. The Kier molecular flexibility index (Phi) is 3.95. The summed E-state index contributed by atoms with van der Waals surface area (Å²) in [5.74, 6) is -3.58. The molecule has 0 aromatic heterocycles. The second-order valence-electron chi connectivity index (χ2n) is 9.90. The third-order valence-electron chi connectivity index (χ3n) is 9.25. The molecule has 32 heavy (non-hydrogen) atoms. The molecule has 0 amide bonds. The lowest BCUT2D eigenvalue weighted by Crippen LogP contribution is -2.66. The third-order valence-corrected chi connectivity index (χ3v) is 9.25. The number of rotatable bonds is 4. The quantitative estimate of drug-likeness (QED) is 0.384. The van der Waals surface area contributed by atoms with Gasteiger partial charge in [-0.3, -0.25) is 28.8 Å². The normalized spacial score (nSPS) is 39.8. The lowest BCUT2D eigenvalue weighted by atomic mass is 9.42. The van der Waals surface area contributed by atoms with E-state index in [4.69, 9.17) is 0 Å². The molecule has 6 nitrogen and oxygen atoms in total. The van der Waals surface area contributed by atoms with Gasteiger partial charge in [0.2, 0.25) is 0 Å². The Balaban J connectivity index is 1.85. The Labute approximate surface area is 185 Å². The first kappa shape index (κ1) is 20.9. The summed E-state index contributed by atoms with van der Waals surface area (Å²) in [6.45, 7) is 9.81. The molecule has 5 rings (SSSR count). The van der Waals surface area contributed by atoms with Gasteiger partial charge in [0, 0.05) is 16.6 Å². The van der Waals surface area contributed by atoms with Gasteiger partial charge in [0.1, 0.15) is 5.41 Å². The maximum Gasteiger partial charge on any atom is 0.189 e. The molecule has 3 fully saturated rings. The van der Waals surface area contributed by atoms with Gasteiger partial charge in [-0.2, -0.15) is 0 Å². The summed E-state index contributed by atoms with van der Waals surface area (Å²) in [4.78, 5) is 81.2. The summed E-state index contributed by atoms with van der Waals surface area (Å²) in [5, 5.41) is 0. The summed E-state index contributed by atoms with van der Waals surface area (Å²) < 4.78 is 0. The van der Waals surface area contributed by atoms with Crippen LogP contribution in [0, 0.1) is 28.1 Å². The molecule has 0 aromatic carbocycles. The number of carbonyl (C=O) groups excluding carboxylic acids is 6. The van der Waals surface area contributed by atoms with Crippen molar-refractivity contribution >= 4 is 34.7 Å². The molecule has 0 aliphatic heterocycles. The maximum atomic E-state index is 14.3. The number of allylic oxidation sites excluding steroid dienone is 6. The molecule has 0 radical (unpaired) electrons. The van der Waals surface area contributed by atoms with E-state index >= 15 is 0 Å². The van der Waals surface area contributed by atoms with Crippen molar-refractivity contribution < 1.29 is 28.8 Å². The molecule has 5 aliphatic carbocycles. The first-order chi connectivity index (χ1) is 15.1. The molecule has 5 aliphatic rings. The zero-order valence-corrected chi connectivity index (χ0v) is 18.2. The number of Topliss-reactive ketones (excluding diaryl/α,β-unsaturated/α-hetero) is 4. The van der Waals surface area contributed by atoms with Crippen molar-refractivity contribution in [1.82, 2.24) is 0 Å². The molecule has 164 valence electrons. The Morgan fingerprint density at radius 3 is 1.97 bits per heavy atom. The maximum absolute atomic E-state index is 14.3. The fourth-order valence-corrected chi connectivity index (χ4v) is 8.33. The van der Waals surface area contributed by atoms with Crippen LogP contribution in [0.15, 0.2) is 47.6 Å². The van der Waals surface area contributed by atoms with Crippen molar-refractivity contribution in [2.45, 2.75) is 46.0 Å². The molecule has 5 atom stereocenters. The third kappa shape index (κ3) is 1.75. The second kappa shape index (κ2) is 6.06. The largest absolute Gasteiger partial charge is 0.294 e. The Hall–Kier alpha value is -3.02. The van der Waals surface area contributed by atoms with E-state index in [9.17, 15) is 28.8 Å². The van der Waals surface area contributed by atoms with Gasteiger partial charge in [-0.15, -0.1) is 0 Å². The molecular formula is C26H24O6. The topological polar surface area (TPSA) is 102 Å². The molecule has 0 N–H and O–H groups in total. The van der Waals surface area contributed by atoms with Crippen molar-refractivity contribution in [3.05, 3.63) is 47.6 Å². The minimum atomic E-state index is -1.76. The smallest absolute Gasteiger partial charge is 0.189 e. The molecule has 5 unspecified atom stereocenters. The van der Waals surface area contributed by atoms with Crippen LogP contribution in [0.2, 0.25) is 0 Å². The summed E-state index contributed by atoms with van der Waals surface area (Å²) >= 11 is 0. The zero-order chi connectivity index (χ0) is 23.4. The SMILES string of the molecule is C=CC(=O)C1=C(C)C(=O)C23C(CCC24C(=O)C(C)=C(C(=O)C=C)C4=O)C2CCC3(C2)C1=O. The highest BCUT2D eigenvalue weighted by molar-refractivity contribution is 6.42. The Morgan fingerprint density at radius 1 is 0.812 bits per heavy atom. The molecule has 0 aromatic rings. The number of fused-ring (bicyclic) bond motifs is 2. The highest BCUT2D eigenvalue weighted by atomic mass is 16.2. The standard InChI is InChI=1S/C26H24O6/c1-5-16(27)18-13(4)21(30)26-15(14-7-9-24(26,11-14)22(18)31)8-10-25(26)20(29)12(3)19(23(25)32)17(28)6-2/h5-6,14-15H,1-2,7-11H2,3-4H3. The summed E-state index contributed by atoms with van der Waals surface area (Å²) in [7, 11) is 0. The van der Waals surface area contributed by atoms with E-state index in [0.29, 0.717) is 25.7 Å². The molecular weight excluding hydrogens is 408 g/mol. The average molecular weight is 432 g/mol. The van der Waals surface area contributed by atoms with E-state index < -0.39 is 50.9 Å². The van der Waals surface area contributed by atoms with E-state index in [-0.39, 0.29) is 40.5 Å². The molecule has 3 saturated carbocycles. The molecule has 0 heterocycles. The van der Waals surface area contributed by atoms with Gasteiger partial charge in [-0.05, 0) is 69.9 Å². The highest BCUT2D eigenvalue weighted by Crippen LogP contribution is 2.81. The van der Waals surface area contributed by atoms with Gasteiger partial charge in [-0.1, -0.05) is 13.2 Å². The van der Waals surface area contributed by atoms with Gasteiger partial charge in [-0.25, -0.2) is 0 Å². The Bertz CT molecular complexity index is 1190. The van der Waals surface area contributed by atoms with Gasteiger partial charge in [0.15, 0.2) is 34.7 Å². The fraction of sp³-hybridized carbons (Fsp3) is 0.462. The van der Waals surface area contributed by atoms with Crippen molar-refractivity contribution in [1.29, 1.82) is 0 Å². The van der Waals surface area contributed by atoms with Crippen LogP contribution in [0.5, 0.6) is 0 Å². The molecule has 3 spiro atoms. The first-order valence-corrected chi connectivity index (χ1v) is 11.0. The minimum Gasteiger partial charge on any atom is -0.294 e. The van der Waals surface area contributed by atoms with Gasteiger partial charge in [0.05, 0.1) is 16.6 Å². The van der Waals surface area contributed by atoms with E-state index in [2.05, 4.69) is 13.2 Å². The van der Waals surface area contributed by atoms with Crippen LogP contribution in [0.1, 0.15) is 46.0 Å². The minimum absolute atomic E-state index is 0.00565. The second-order valence-corrected chi connectivity index (χ2v) is 9.90. The highest BCUT2D eigenvalue weighted by Gasteiger charge is 2.87. The van der Waals surface area contributed by atoms with Crippen LogP contribution in [0.25, 0.3) is 0 Å². The average Bonchev–Trinajstić information content (AvgIpc) is 3.49. The zero-order valence-electron chi connectivity index (χ0n) is 18.2. The van der Waals surface area contributed by atoms with Gasteiger partial charge < -0.3 is 0 Å².